The molecule has 0 bridgehead atoms. The van der Waals surface area contributed by atoms with E-state index in [4.69, 9.17) is 10.5 Å². The molecule has 1 aliphatic rings. The molecule has 1 fully saturated rings. The molecular weight excluding hydrogens is 230 g/mol. The first-order valence-electron chi connectivity index (χ1n) is 6.08. The highest BCUT2D eigenvalue weighted by Crippen LogP contribution is 2.36. The Bertz CT molecular complexity index is 575. The van der Waals surface area contributed by atoms with E-state index in [-0.39, 0.29) is 12.0 Å². The second-order valence-electron chi connectivity index (χ2n) is 4.95. The molecule has 5 heteroatoms. The third-order valence-electron chi connectivity index (χ3n) is 3.76. The molecule has 2 aromatic rings. The first-order valence-corrected chi connectivity index (χ1v) is 6.08. The van der Waals surface area contributed by atoms with Gasteiger partial charge in [0, 0.05) is 6.54 Å². The average Bonchev–Trinajstić information content (AvgIpc) is 2.66. The molecule has 3 rings (SSSR count). The number of rotatable bonds is 3. The van der Waals surface area contributed by atoms with Crippen LogP contribution in [-0.4, -0.2) is 40.9 Å². The number of aromatic amines is 1. The lowest BCUT2D eigenvalue weighted by atomic mass is 9.74. The summed E-state index contributed by atoms with van der Waals surface area (Å²) < 4.78 is 5.29. The molecule has 0 aliphatic carbocycles. The normalized spacial score (nSPS) is 19.7. The smallest absolute Gasteiger partial charge is 0.104 e. The fourth-order valence-corrected chi connectivity index (χ4v) is 2.55. The Hall–Kier alpha value is -1.43. The van der Waals surface area contributed by atoms with Crippen molar-refractivity contribution in [3.05, 3.63) is 29.6 Å². The Kier molecular flexibility index (Phi) is 2.62. The van der Waals surface area contributed by atoms with E-state index in [1.54, 1.807) is 0 Å². The summed E-state index contributed by atoms with van der Waals surface area (Å²) >= 11 is 0. The van der Waals surface area contributed by atoms with E-state index in [2.05, 4.69) is 9.97 Å². The molecule has 18 heavy (non-hydrogen) atoms. The van der Waals surface area contributed by atoms with Crippen LogP contribution in [0.15, 0.2) is 18.2 Å². The molecule has 5 nitrogen and oxygen atoms in total. The highest BCUT2D eigenvalue weighted by molar-refractivity contribution is 5.76. The van der Waals surface area contributed by atoms with Gasteiger partial charge in [0.25, 0.3) is 0 Å². The van der Waals surface area contributed by atoms with Crippen LogP contribution in [0.2, 0.25) is 0 Å². The molecule has 4 N–H and O–H groups in total. The molecular formula is C13H17N3O2. The molecule has 0 amide bonds. The predicted octanol–water partition coefficient (Wildman–Crippen LogP) is 0.459. The molecule has 0 radical (unpaired) electrons. The van der Waals surface area contributed by atoms with Gasteiger partial charge in [-0.25, -0.2) is 4.98 Å². The Labute approximate surface area is 105 Å². The van der Waals surface area contributed by atoms with E-state index in [0.717, 1.165) is 22.4 Å². The van der Waals surface area contributed by atoms with Gasteiger partial charge in [-0.05, 0) is 24.6 Å². The first kappa shape index (κ1) is 11.6. The number of imidazole rings is 1. The van der Waals surface area contributed by atoms with Crippen LogP contribution in [0.3, 0.4) is 0 Å². The zero-order chi connectivity index (χ0) is 12.8. The van der Waals surface area contributed by atoms with E-state index < -0.39 is 6.10 Å². The number of H-pyrrole nitrogens is 1. The van der Waals surface area contributed by atoms with Gasteiger partial charge < -0.3 is 20.6 Å². The number of hydrogen-bond acceptors (Lipinski definition) is 4. The third-order valence-corrected chi connectivity index (χ3v) is 3.76. The maximum absolute atomic E-state index is 10.1. The van der Waals surface area contributed by atoms with Crippen LogP contribution in [0.4, 0.5) is 0 Å². The number of ether oxygens (including phenoxy) is 1. The summed E-state index contributed by atoms with van der Waals surface area (Å²) in [6.45, 7) is 3.20. The minimum Gasteiger partial charge on any atom is -0.391 e. The number of fused-ring (bicyclic) bond motifs is 1. The minimum atomic E-state index is -0.576. The fourth-order valence-electron chi connectivity index (χ4n) is 2.55. The van der Waals surface area contributed by atoms with Crippen LogP contribution in [0, 0.1) is 6.92 Å². The molecule has 96 valence electrons. The van der Waals surface area contributed by atoms with Crippen LogP contribution in [0.5, 0.6) is 0 Å². The zero-order valence-corrected chi connectivity index (χ0v) is 10.3. The van der Waals surface area contributed by atoms with Crippen LogP contribution >= 0.6 is 0 Å². The number of aliphatic hydroxyl groups is 1. The lowest BCUT2D eigenvalue weighted by Gasteiger charge is -2.45. The maximum Gasteiger partial charge on any atom is 0.104 e. The predicted molar refractivity (Wildman–Crippen MR) is 68.4 cm³/mol. The van der Waals surface area contributed by atoms with E-state index in [9.17, 15) is 5.11 Å². The van der Waals surface area contributed by atoms with Crippen molar-refractivity contribution < 1.29 is 9.84 Å². The quantitative estimate of drug-likeness (QED) is 0.735. The summed E-state index contributed by atoms with van der Waals surface area (Å²) in [6, 6.07) is 6.01. The third kappa shape index (κ3) is 1.55. The number of aromatic nitrogens is 2. The summed E-state index contributed by atoms with van der Waals surface area (Å²) in [7, 11) is 0. The molecule has 0 spiro atoms. The second-order valence-corrected chi connectivity index (χ2v) is 4.95. The van der Waals surface area contributed by atoms with Crippen molar-refractivity contribution in [1.29, 1.82) is 0 Å². The van der Waals surface area contributed by atoms with Crippen molar-refractivity contribution in [2.45, 2.75) is 18.4 Å². The van der Waals surface area contributed by atoms with Gasteiger partial charge in [0.1, 0.15) is 5.82 Å². The summed E-state index contributed by atoms with van der Waals surface area (Å²) in [4.78, 5) is 7.58. The van der Waals surface area contributed by atoms with Gasteiger partial charge in [-0.3, -0.25) is 0 Å². The van der Waals surface area contributed by atoms with Gasteiger partial charge in [-0.2, -0.15) is 0 Å². The zero-order valence-electron chi connectivity index (χ0n) is 10.3. The van der Waals surface area contributed by atoms with Gasteiger partial charge in [-0.15, -0.1) is 0 Å². The Balaban J connectivity index is 2.07. The first-order chi connectivity index (χ1) is 8.65. The van der Waals surface area contributed by atoms with Crippen molar-refractivity contribution in [1.82, 2.24) is 9.97 Å². The SMILES string of the molecule is Cc1nc2ccc(C3(C(O)CN)COC3)cc2[nH]1. The minimum absolute atomic E-state index is 0.239. The highest BCUT2D eigenvalue weighted by Gasteiger charge is 2.46. The van der Waals surface area contributed by atoms with E-state index in [1.165, 1.54) is 0 Å². The van der Waals surface area contributed by atoms with E-state index in [1.807, 2.05) is 25.1 Å². The molecule has 1 aliphatic heterocycles. The lowest BCUT2D eigenvalue weighted by Crippen LogP contribution is -2.57. The Morgan fingerprint density at radius 1 is 1.56 bits per heavy atom. The fraction of sp³-hybridized carbons (Fsp3) is 0.462. The van der Waals surface area contributed by atoms with Crippen LogP contribution in [0.25, 0.3) is 11.0 Å². The number of aryl methyl sites for hydroxylation is 1. The van der Waals surface area contributed by atoms with Gasteiger partial charge in [0.2, 0.25) is 0 Å². The van der Waals surface area contributed by atoms with Gasteiger partial charge in [0.05, 0.1) is 35.8 Å². The number of aliphatic hydroxyl groups excluding tert-OH is 1. The van der Waals surface area contributed by atoms with Crippen molar-refractivity contribution in [3.8, 4) is 0 Å². The molecule has 1 saturated heterocycles. The Morgan fingerprint density at radius 3 is 2.94 bits per heavy atom. The number of hydrogen-bond donors (Lipinski definition) is 3. The van der Waals surface area contributed by atoms with Gasteiger partial charge >= 0.3 is 0 Å². The van der Waals surface area contributed by atoms with E-state index >= 15 is 0 Å². The monoisotopic (exact) mass is 247 g/mol. The molecule has 1 atom stereocenters. The largest absolute Gasteiger partial charge is 0.391 e. The average molecular weight is 247 g/mol. The Morgan fingerprint density at radius 2 is 2.33 bits per heavy atom. The molecule has 0 saturated carbocycles. The van der Waals surface area contributed by atoms with Crippen molar-refractivity contribution in [3.63, 3.8) is 0 Å². The maximum atomic E-state index is 10.1. The second kappa shape index (κ2) is 4.05. The molecule has 1 aromatic carbocycles. The number of nitrogens with one attached hydrogen (secondary N) is 1. The van der Waals surface area contributed by atoms with Crippen molar-refractivity contribution in [2.75, 3.05) is 19.8 Å². The van der Waals surface area contributed by atoms with Crippen molar-refractivity contribution in [2.24, 2.45) is 5.73 Å². The van der Waals surface area contributed by atoms with Crippen LogP contribution < -0.4 is 5.73 Å². The van der Waals surface area contributed by atoms with Gasteiger partial charge in [0.15, 0.2) is 0 Å². The van der Waals surface area contributed by atoms with E-state index in [0.29, 0.717) is 13.2 Å². The highest BCUT2D eigenvalue weighted by atomic mass is 16.5. The molecule has 1 unspecified atom stereocenters. The van der Waals surface area contributed by atoms with Crippen LogP contribution in [0.1, 0.15) is 11.4 Å². The molecule has 2 heterocycles. The van der Waals surface area contributed by atoms with Crippen molar-refractivity contribution >= 4 is 11.0 Å². The van der Waals surface area contributed by atoms with Gasteiger partial charge in [-0.1, -0.05) is 6.07 Å². The topological polar surface area (TPSA) is 84.2 Å². The molecule has 1 aromatic heterocycles. The summed E-state index contributed by atoms with van der Waals surface area (Å²) in [5.41, 5.74) is 8.22. The summed E-state index contributed by atoms with van der Waals surface area (Å²) in [6.07, 6.45) is -0.576. The lowest BCUT2D eigenvalue weighted by molar-refractivity contribution is -0.116. The summed E-state index contributed by atoms with van der Waals surface area (Å²) in [5, 5.41) is 10.1. The standard InChI is InChI=1S/C13H17N3O2/c1-8-15-10-3-2-9(4-11(10)16-8)13(6-18-7-13)12(17)5-14/h2-4,12,17H,5-7,14H2,1H3,(H,15,16). The number of nitrogens with two attached hydrogens (primary N) is 1. The number of nitrogens with zero attached hydrogens (tertiary/aromatic N) is 1. The summed E-state index contributed by atoms with van der Waals surface area (Å²) in [5.74, 6) is 0.889. The van der Waals surface area contributed by atoms with Crippen LogP contribution in [-0.2, 0) is 10.2 Å². The number of benzene rings is 1.